The highest BCUT2D eigenvalue weighted by Crippen LogP contribution is 2.20. The largest absolute Gasteiger partial charge is 0.469 e. The molecule has 108 valence electrons. The van der Waals surface area contributed by atoms with Gasteiger partial charge in [-0.25, -0.2) is 5.43 Å². The summed E-state index contributed by atoms with van der Waals surface area (Å²) in [5.41, 5.74) is 6.60. The van der Waals surface area contributed by atoms with Crippen molar-refractivity contribution >= 4 is 11.6 Å². The predicted molar refractivity (Wildman–Crippen MR) is 81.4 cm³/mol. The Morgan fingerprint density at radius 3 is 2.81 bits per heavy atom. The van der Waals surface area contributed by atoms with Gasteiger partial charge >= 0.3 is 0 Å². The summed E-state index contributed by atoms with van der Waals surface area (Å²) in [6.45, 7) is 1.77. The summed E-state index contributed by atoms with van der Waals surface area (Å²) in [4.78, 5) is 12.1. The topological polar surface area (TPSA) is 54.6 Å². The lowest BCUT2D eigenvalue weighted by Gasteiger charge is -2.07. The third-order valence-corrected chi connectivity index (χ3v) is 3.83. The average molecular weight is 282 g/mol. The van der Waals surface area contributed by atoms with E-state index < -0.39 is 0 Å². The maximum absolute atomic E-state index is 12.1. The highest BCUT2D eigenvalue weighted by atomic mass is 16.3. The van der Waals surface area contributed by atoms with Crippen LogP contribution >= 0.6 is 0 Å². The molecule has 0 unspecified atom stereocenters. The molecule has 0 atom stereocenters. The van der Waals surface area contributed by atoms with E-state index in [9.17, 15) is 4.79 Å². The molecule has 3 rings (SSSR count). The summed E-state index contributed by atoms with van der Waals surface area (Å²) in [6.07, 6.45) is 5.73. The Bertz CT molecular complexity index is 686. The van der Waals surface area contributed by atoms with E-state index in [0.29, 0.717) is 11.3 Å². The van der Waals surface area contributed by atoms with Crippen molar-refractivity contribution in [3.63, 3.8) is 0 Å². The maximum atomic E-state index is 12.1. The van der Waals surface area contributed by atoms with E-state index in [0.717, 1.165) is 37.0 Å². The van der Waals surface area contributed by atoms with Gasteiger partial charge < -0.3 is 4.42 Å². The van der Waals surface area contributed by atoms with Crippen LogP contribution in [0.2, 0.25) is 0 Å². The van der Waals surface area contributed by atoms with Gasteiger partial charge in [-0.2, -0.15) is 5.10 Å². The first-order valence-electron chi connectivity index (χ1n) is 7.25. The van der Waals surface area contributed by atoms with Crippen molar-refractivity contribution in [2.24, 2.45) is 5.10 Å². The van der Waals surface area contributed by atoms with Crippen LogP contribution in [-0.4, -0.2) is 11.6 Å². The van der Waals surface area contributed by atoms with E-state index in [1.807, 2.05) is 6.07 Å². The number of hydrazone groups is 1. The molecule has 1 N–H and O–H groups in total. The number of rotatable bonds is 2. The fraction of sp³-hybridized carbons (Fsp3) is 0.294. The van der Waals surface area contributed by atoms with Crippen LogP contribution in [0.5, 0.6) is 0 Å². The van der Waals surface area contributed by atoms with Crippen molar-refractivity contribution in [3.8, 4) is 0 Å². The number of nitrogens with zero attached hydrogens (tertiary/aromatic N) is 1. The number of benzene rings is 1. The van der Waals surface area contributed by atoms with Crippen LogP contribution in [0.4, 0.5) is 0 Å². The molecule has 0 saturated heterocycles. The summed E-state index contributed by atoms with van der Waals surface area (Å²) in [5.74, 6) is 0.379. The maximum Gasteiger partial charge on any atom is 0.274 e. The first-order valence-corrected chi connectivity index (χ1v) is 7.25. The zero-order valence-electron chi connectivity index (χ0n) is 12.1. The molecule has 4 nitrogen and oxygen atoms in total. The molecule has 0 radical (unpaired) electrons. The summed E-state index contributed by atoms with van der Waals surface area (Å²) in [5, 5.41) is 4.36. The van der Waals surface area contributed by atoms with Crippen LogP contribution in [0.15, 0.2) is 46.1 Å². The normalized spacial score (nSPS) is 16.3. The second-order valence-electron chi connectivity index (χ2n) is 5.25. The predicted octanol–water partition coefficient (Wildman–Crippen LogP) is 3.45. The highest BCUT2D eigenvalue weighted by molar-refractivity contribution is 6.03. The van der Waals surface area contributed by atoms with E-state index in [1.165, 1.54) is 11.8 Å². The minimum atomic E-state index is -0.226. The Hall–Kier alpha value is -2.36. The Labute approximate surface area is 123 Å². The quantitative estimate of drug-likeness (QED) is 0.677. The average Bonchev–Trinajstić information content (AvgIpc) is 2.82. The van der Waals surface area contributed by atoms with E-state index in [1.54, 1.807) is 13.0 Å². The summed E-state index contributed by atoms with van der Waals surface area (Å²) in [6, 6.07) is 9.94. The summed E-state index contributed by atoms with van der Waals surface area (Å²) < 4.78 is 5.14. The Morgan fingerprint density at radius 2 is 2.00 bits per heavy atom. The third kappa shape index (κ3) is 2.89. The van der Waals surface area contributed by atoms with E-state index in [2.05, 4.69) is 28.7 Å². The summed E-state index contributed by atoms with van der Waals surface area (Å²) in [7, 11) is 0. The number of carbonyl (C=O) groups excluding carboxylic acids is 1. The van der Waals surface area contributed by atoms with Gasteiger partial charge in [0.25, 0.3) is 5.91 Å². The van der Waals surface area contributed by atoms with Gasteiger partial charge in [-0.3, -0.25) is 4.79 Å². The Morgan fingerprint density at radius 1 is 1.19 bits per heavy atom. The van der Waals surface area contributed by atoms with E-state index in [4.69, 9.17) is 4.42 Å². The number of fused-ring (bicyclic) bond motifs is 1. The molecule has 2 aromatic rings. The number of hydrogen-bond donors (Lipinski definition) is 1. The van der Waals surface area contributed by atoms with Crippen LogP contribution in [0.25, 0.3) is 0 Å². The molecule has 21 heavy (non-hydrogen) atoms. The van der Waals surface area contributed by atoms with Gasteiger partial charge in [0.15, 0.2) is 0 Å². The molecular formula is C17H18N2O2. The van der Waals surface area contributed by atoms with Gasteiger partial charge in [-0.1, -0.05) is 24.3 Å². The van der Waals surface area contributed by atoms with E-state index >= 15 is 0 Å². The van der Waals surface area contributed by atoms with Gasteiger partial charge in [0, 0.05) is 5.56 Å². The van der Waals surface area contributed by atoms with Crippen molar-refractivity contribution in [1.82, 2.24) is 5.43 Å². The number of hydrogen-bond acceptors (Lipinski definition) is 3. The molecule has 0 aliphatic heterocycles. The lowest BCUT2D eigenvalue weighted by atomic mass is 10.0. The molecule has 0 saturated carbocycles. The van der Waals surface area contributed by atoms with Gasteiger partial charge in [0.05, 0.1) is 17.5 Å². The fourth-order valence-electron chi connectivity index (χ4n) is 2.68. The number of aryl methyl sites for hydroxylation is 2. The molecule has 1 aromatic heterocycles. The SMILES string of the molecule is Cc1occc1C(=O)N/N=C1/CCCCc2ccccc21. The first-order chi connectivity index (χ1) is 10.3. The number of carbonyl (C=O) groups is 1. The minimum Gasteiger partial charge on any atom is -0.469 e. The monoisotopic (exact) mass is 282 g/mol. The Kier molecular flexibility index (Phi) is 3.86. The first kappa shape index (κ1) is 13.6. The highest BCUT2D eigenvalue weighted by Gasteiger charge is 2.15. The smallest absolute Gasteiger partial charge is 0.274 e. The molecule has 0 bridgehead atoms. The molecule has 1 amide bonds. The van der Waals surface area contributed by atoms with Gasteiger partial charge in [-0.15, -0.1) is 0 Å². The van der Waals surface area contributed by atoms with Gasteiger partial charge in [-0.05, 0) is 44.2 Å². The number of furan rings is 1. The zero-order valence-corrected chi connectivity index (χ0v) is 12.1. The lowest BCUT2D eigenvalue weighted by molar-refractivity contribution is 0.0953. The minimum absolute atomic E-state index is 0.226. The third-order valence-electron chi connectivity index (χ3n) is 3.83. The Balaban J connectivity index is 1.83. The molecule has 1 aliphatic rings. The number of amides is 1. The second kappa shape index (κ2) is 5.95. The van der Waals surface area contributed by atoms with Crippen LogP contribution in [-0.2, 0) is 6.42 Å². The molecular weight excluding hydrogens is 264 g/mol. The van der Waals surface area contributed by atoms with Crippen molar-refractivity contribution in [1.29, 1.82) is 0 Å². The molecule has 1 aromatic carbocycles. The van der Waals surface area contributed by atoms with Crippen LogP contribution in [0.1, 0.15) is 46.5 Å². The van der Waals surface area contributed by atoms with Gasteiger partial charge in [0.1, 0.15) is 5.76 Å². The molecule has 0 spiro atoms. The molecule has 0 fully saturated rings. The zero-order chi connectivity index (χ0) is 14.7. The molecule has 1 aliphatic carbocycles. The fourth-order valence-corrected chi connectivity index (χ4v) is 2.68. The van der Waals surface area contributed by atoms with Gasteiger partial charge in [0.2, 0.25) is 0 Å². The van der Waals surface area contributed by atoms with Crippen molar-refractivity contribution < 1.29 is 9.21 Å². The van der Waals surface area contributed by atoms with Crippen LogP contribution < -0.4 is 5.43 Å². The number of nitrogens with one attached hydrogen (secondary N) is 1. The van der Waals surface area contributed by atoms with Crippen molar-refractivity contribution in [3.05, 3.63) is 59.0 Å². The van der Waals surface area contributed by atoms with Crippen LogP contribution in [0.3, 0.4) is 0 Å². The molecule has 4 heteroatoms. The summed E-state index contributed by atoms with van der Waals surface area (Å²) >= 11 is 0. The van der Waals surface area contributed by atoms with Crippen molar-refractivity contribution in [2.75, 3.05) is 0 Å². The molecule has 1 heterocycles. The van der Waals surface area contributed by atoms with E-state index in [-0.39, 0.29) is 5.91 Å². The second-order valence-corrected chi connectivity index (χ2v) is 5.25. The standard InChI is InChI=1S/C17H18N2O2/c1-12-14(10-11-21-12)17(20)19-18-16-9-5-3-7-13-6-2-4-8-15(13)16/h2,4,6,8,10-11H,3,5,7,9H2,1H3,(H,19,20)/b18-16-. The van der Waals surface area contributed by atoms with Crippen LogP contribution in [0, 0.1) is 6.92 Å². The van der Waals surface area contributed by atoms with Crippen molar-refractivity contribution in [2.45, 2.75) is 32.6 Å². The lowest BCUT2D eigenvalue weighted by Crippen LogP contribution is -2.20.